The number of benzene rings is 1. The number of halogens is 1. The SMILES string of the molecule is Nc1ncnc2c1nc(Sc1ccc(Cl)cc1)n2C1OC2COP(=O)([O-])O[C@@H]2[C@@H]1O. The average molecular weight is 471 g/mol. The van der Waals surface area contributed by atoms with E-state index in [1.54, 1.807) is 16.7 Å². The first-order valence-corrected chi connectivity index (χ1v) is 11.4. The fraction of sp³-hybridized carbons (Fsp3) is 0.312. The number of rotatable bonds is 3. The van der Waals surface area contributed by atoms with E-state index in [4.69, 9.17) is 31.1 Å². The van der Waals surface area contributed by atoms with E-state index in [1.807, 2.05) is 12.1 Å². The largest absolute Gasteiger partial charge is 0.756 e. The van der Waals surface area contributed by atoms with Crippen LogP contribution in [-0.2, 0) is 18.3 Å². The molecule has 0 aliphatic carbocycles. The molecule has 0 saturated carbocycles. The Balaban J connectivity index is 1.58. The third-order valence-corrected chi connectivity index (χ3v) is 6.90. The zero-order valence-corrected chi connectivity index (χ0v) is 17.5. The molecular weight excluding hydrogens is 457 g/mol. The molecule has 2 saturated heterocycles. The molecule has 30 heavy (non-hydrogen) atoms. The molecule has 4 heterocycles. The van der Waals surface area contributed by atoms with E-state index < -0.39 is 32.4 Å². The molecule has 11 nitrogen and oxygen atoms in total. The van der Waals surface area contributed by atoms with Crippen LogP contribution >= 0.6 is 31.2 Å². The van der Waals surface area contributed by atoms with Crippen LogP contribution in [-0.4, -0.2) is 49.5 Å². The van der Waals surface area contributed by atoms with Gasteiger partial charge in [0.25, 0.3) is 7.82 Å². The van der Waals surface area contributed by atoms with E-state index in [0.29, 0.717) is 21.3 Å². The minimum absolute atomic E-state index is 0.158. The molecule has 158 valence electrons. The lowest BCUT2D eigenvalue weighted by Gasteiger charge is -2.34. The summed E-state index contributed by atoms with van der Waals surface area (Å²) in [5, 5.41) is 11.8. The highest BCUT2D eigenvalue weighted by atomic mass is 35.5. The van der Waals surface area contributed by atoms with Gasteiger partial charge < -0.3 is 29.5 Å². The number of nitrogens with two attached hydrogens (primary N) is 1. The van der Waals surface area contributed by atoms with Crippen molar-refractivity contribution in [1.82, 2.24) is 19.5 Å². The Morgan fingerprint density at radius 2 is 2.10 bits per heavy atom. The molecule has 0 amide bonds. The first-order valence-electron chi connectivity index (χ1n) is 8.72. The molecule has 5 rings (SSSR count). The Morgan fingerprint density at radius 3 is 2.87 bits per heavy atom. The van der Waals surface area contributed by atoms with Crippen molar-refractivity contribution >= 4 is 48.2 Å². The predicted molar refractivity (Wildman–Crippen MR) is 104 cm³/mol. The molecule has 1 aromatic carbocycles. The number of imidazole rings is 1. The molecule has 0 radical (unpaired) electrons. The van der Waals surface area contributed by atoms with Crippen molar-refractivity contribution in [2.45, 2.75) is 34.6 Å². The van der Waals surface area contributed by atoms with E-state index in [1.165, 1.54) is 18.1 Å². The Bertz CT molecular complexity index is 1160. The summed E-state index contributed by atoms with van der Waals surface area (Å²) in [7, 11) is -4.50. The van der Waals surface area contributed by atoms with Gasteiger partial charge in [0.15, 0.2) is 28.4 Å². The molecule has 0 spiro atoms. The molecule has 0 bridgehead atoms. The normalized spacial score (nSPS) is 31.2. The van der Waals surface area contributed by atoms with Crippen molar-refractivity contribution in [1.29, 1.82) is 0 Å². The summed E-state index contributed by atoms with van der Waals surface area (Å²) in [6.45, 7) is -0.261. The Morgan fingerprint density at radius 1 is 1.33 bits per heavy atom. The van der Waals surface area contributed by atoms with Crippen molar-refractivity contribution in [3.63, 3.8) is 0 Å². The number of fused-ring (bicyclic) bond motifs is 2. The smallest absolute Gasteiger partial charge is 0.268 e. The zero-order valence-electron chi connectivity index (χ0n) is 15.0. The van der Waals surface area contributed by atoms with Crippen LogP contribution in [0.1, 0.15) is 6.23 Å². The Labute approximate surface area is 178 Å². The van der Waals surface area contributed by atoms with Gasteiger partial charge in [-0.15, -0.1) is 0 Å². The molecule has 2 aliphatic heterocycles. The maximum absolute atomic E-state index is 11.7. The zero-order chi connectivity index (χ0) is 21.0. The van der Waals surface area contributed by atoms with Crippen LogP contribution in [0.15, 0.2) is 40.6 Å². The summed E-state index contributed by atoms with van der Waals surface area (Å²) in [6, 6.07) is 7.08. The van der Waals surface area contributed by atoms with Crippen LogP contribution in [0, 0.1) is 0 Å². The van der Waals surface area contributed by atoms with Crippen LogP contribution in [0.5, 0.6) is 0 Å². The molecule has 2 fully saturated rings. The number of phosphoric ester groups is 1. The topological polar surface area (TPSA) is 158 Å². The van der Waals surface area contributed by atoms with Crippen molar-refractivity contribution < 1.29 is 28.3 Å². The van der Waals surface area contributed by atoms with Gasteiger partial charge in [0, 0.05) is 9.92 Å². The van der Waals surface area contributed by atoms with E-state index >= 15 is 0 Å². The monoisotopic (exact) mass is 470 g/mol. The summed E-state index contributed by atoms with van der Waals surface area (Å²) in [5.74, 6) is 0.158. The van der Waals surface area contributed by atoms with Crippen molar-refractivity contribution in [2.75, 3.05) is 12.3 Å². The maximum Gasteiger partial charge on any atom is 0.268 e. The number of phosphoric acid groups is 1. The van der Waals surface area contributed by atoms with Crippen LogP contribution in [0.25, 0.3) is 11.2 Å². The lowest BCUT2D eigenvalue weighted by molar-refractivity contribution is -0.245. The fourth-order valence-electron chi connectivity index (χ4n) is 3.36. The van der Waals surface area contributed by atoms with Crippen molar-refractivity contribution in [2.24, 2.45) is 0 Å². The molecule has 5 atom stereocenters. The van der Waals surface area contributed by atoms with Gasteiger partial charge in [0.2, 0.25) is 0 Å². The van der Waals surface area contributed by atoms with Gasteiger partial charge in [-0.1, -0.05) is 23.4 Å². The summed E-state index contributed by atoms with van der Waals surface area (Å²) in [5.41, 5.74) is 6.61. The number of anilines is 1. The Hall–Kier alpha value is -1.76. The molecule has 3 aromatic rings. The third kappa shape index (κ3) is 3.49. The molecule has 3 N–H and O–H groups in total. The molecular formula is C16H14ClN5O6PS-. The van der Waals surface area contributed by atoms with Crippen LogP contribution in [0.4, 0.5) is 5.82 Å². The molecule has 2 aliphatic rings. The van der Waals surface area contributed by atoms with Gasteiger partial charge in [0.05, 0.1) is 6.61 Å². The number of ether oxygens (including phenoxy) is 1. The number of aliphatic hydroxyl groups is 1. The van der Waals surface area contributed by atoms with Gasteiger partial charge in [-0.2, -0.15) is 0 Å². The van der Waals surface area contributed by atoms with E-state index in [0.717, 1.165) is 4.90 Å². The maximum atomic E-state index is 11.7. The van der Waals surface area contributed by atoms with Crippen LogP contribution < -0.4 is 10.6 Å². The summed E-state index contributed by atoms with van der Waals surface area (Å²) in [4.78, 5) is 25.2. The molecule has 3 unspecified atom stereocenters. The number of nitrogen functional groups attached to an aromatic ring is 1. The van der Waals surface area contributed by atoms with E-state index in [2.05, 4.69) is 15.0 Å². The lowest BCUT2D eigenvalue weighted by Crippen LogP contribution is -2.41. The minimum atomic E-state index is -4.50. The van der Waals surface area contributed by atoms with Gasteiger partial charge in [-0.25, -0.2) is 15.0 Å². The van der Waals surface area contributed by atoms with E-state index in [-0.39, 0.29) is 12.4 Å². The molecule has 2 aromatic heterocycles. The van der Waals surface area contributed by atoms with Crippen molar-refractivity contribution in [3.05, 3.63) is 35.6 Å². The summed E-state index contributed by atoms with van der Waals surface area (Å²) >= 11 is 7.22. The highest BCUT2D eigenvalue weighted by molar-refractivity contribution is 7.99. The number of nitrogens with zero attached hydrogens (tertiary/aromatic N) is 4. The standard InChI is InChI=1S/C16H15ClN5O6PS/c17-7-1-3-8(4-2-7)30-16-21-10-13(18)19-6-20-14(10)22(16)15-11(23)12-9(27-15)5-26-29(24,25)28-12/h1-4,6,9,11-12,15,23H,5H2,(H,24,25)(H2,18,19,20)/p-1/t9?,11-,12-,15?/m0/s1. The van der Waals surface area contributed by atoms with Crippen molar-refractivity contribution in [3.8, 4) is 0 Å². The highest BCUT2D eigenvalue weighted by Crippen LogP contribution is 2.50. The molecule has 14 heteroatoms. The first-order chi connectivity index (χ1) is 14.3. The van der Waals surface area contributed by atoms with Gasteiger partial charge >= 0.3 is 0 Å². The number of aliphatic hydroxyl groups excluding tert-OH is 1. The number of hydrogen-bond acceptors (Lipinski definition) is 11. The second-order valence-electron chi connectivity index (χ2n) is 6.62. The highest BCUT2D eigenvalue weighted by Gasteiger charge is 2.51. The van der Waals surface area contributed by atoms with Gasteiger partial charge in [-0.3, -0.25) is 9.13 Å². The third-order valence-electron chi connectivity index (χ3n) is 4.71. The fourth-order valence-corrected chi connectivity index (χ4v) is 5.34. The first kappa shape index (κ1) is 20.2. The van der Waals surface area contributed by atoms with Gasteiger partial charge in [0.1, 0.15) is 24.6 Å². The second kappa shape index (κ2) is 7.43. The Kier molecular flexibility index (Phi) is 4.99. The van der Waals surface area contributed by atoms with E-state index in [9.17, 15) is 14.6 Å². The minimum Gasteiger partial charge on any atom is -0.756 e. The van der Waals surface area contributed by atoms with Crippen LogP contribution in [0.3, 0.4) is 0 Å². The summed E-state index contributed by atoms with van der Waals surface area (Å²) in [6.07, 6.45) is -2.98. The predicted octanol–water partition coefficient (Wildman–Crippen LogP) is 1.36. The number of aromatic nitrogens is 4. The second-order valence-corrected chi connectivity index (χ2v) is 9.46. The quantitative estimate of drug-likeness (QED) is 0.532. The average Bonchev–Trinajstić information content (AvgIpc) is 3.21. The lowest BCUT2D eigenvalue weighted by atomic mass is 10.1. The summed E-state index contributed by atoms with van der Waals surface area (Å²) < 4.78 is 28.7. The van der Waals surface area contributed by atoms with Crippen LogP contribution in [0.2, 0.25) is 5.02 Å². The van der Waals surface area contributed by atoms with Gasteiger partial charge in [-0.05, 0) is 24.3 Å². The number of hydrogen-bond donors (Lipinski definition) is 2.